The number of carbonyl (C=O) groups is 2. The van der Waals surface area contributed by atoms with Gasteiger partial charge in [-0.25, -0.2) is 9.59 Å². The number of amides is 1. The number of methoxy groups -OCH3 is 1. The molecule has 8 nitrogen and oxygen atoms in total. The van der Waals surface area contributed by atoms with Crippen LogP contribution in [0.4, 0.5) is 18.0 Å². The molecule has 0 spiro atoms. The summed E-state index contributed by atoms with van der Waals surface area (Å²) in [5, 5.41) is 2.68. The number of halogens is 3. The van der Waals surface area contributed by atoms with Crippen molar-refractivity contribution in [3.63, 3.8) is 0 Å². The van der Waals surface area contributed by atoms with Crippen LogP contribution in [0.15, 0.2) is 12.1 Å². The summed E-state index contributed by atoms with van der Waals surface area (Å²) in [4.78, 5) is 28.3. The van der Waals surface area contributed by atoms with E-state index in [0.29, 0.717) is 25.3 Å². The number of esters is 1. The number of nitrogens with zero attached hydrogens (tertiary/aromatic N) is 1. The number of rotatable bonds is 9. The van der Waals surface area contributed by atoms with Gasteiger partial charge in [-0.05, 0) is 68.7 Å². The number of hydrogen-bond acceptors (Lipinski definition) is 7. The molecule has 11 heteroatoms. The predicted octanol–water partition coefficient (Wildman–Crippen LogP) is 6.06. The number of nitrogens with one attached hydrogen (secondary N) is 1. The summed E-state index contributed by atoms with van der Waals surface area (Å²) in [5.74, 6) is 0.0121. The van der Waals surface area contributed by atoms with Gasteiger partial charge in [0.1, 0.15) is 17.7 Å². The number of piperidine rings is 1. The van der Waals surface area contributed by atoms with Crippen molar-refractivity contribution in [1.82, 2.24) is 10.2 Å². The molecular weight excluding hydrogens is 541 g/mol. The van der Waals surface area contributed by atoms with Crippen molar-refractivity contribution in [2.75, 3.05) is 26.8 Å². The highest BCUT2D eigenvalue weighted by Gasteiger charge is 2.42. The van der Waals surface area contributed by atoms with Gasteiger partial charge in [0.2, 0.25) is 0 Å². The molecular formula is C30H45F3N2O6. The summed E-state index contributed by atoms with van der Waals surface area (Å²) >= 11 is 0. The Morgan fingerprint density at radius 3 is 2.34 bits per heavy atom. The number of alkyl halides is 3. The monoisotopic (exact) mass is 586 g/mol. The second-order valence-electron chi connectivity index (χ2n) is 12.8. The third kappa shape index (κ3) is 9.15. The van der Waals surface area contributed by atoms with Crippen LogP contribution in [0.25, 0.3) is 0 Å². The first kappa shape index (κ1) is 32.8. The second-order valence-corrected chi connectivity index (χ2v) is 12.8. The molecule has 0 bridgehead atoms. The van der Waals surface area contributed by atoms with Crippen LogP contribution < -0.4 is 14.8 Å². The van der Waals surface area contributed by atoms with E-state index in [4.69, 9.17) is 18.9 Å². The average molecular weight is 587 g/mol. The summed E-state index contributed by atoms with van der Waals surface area (Å²) < 4.78 is 60.4. The number of hydrogen-bond donors (Lipinski definition) is 1. The Balaban J connectivity index is 1.85. The normalized spacial score (nSPS) is 22.0. The van der Waals surface area contributed by atoms with Gasteiger partial charge in [0.25, 0.3) is 0 Å². The zero-order chi connectivity index (χ0) is 30.7. The Morgan fingerprint density at radius 1 is 1.10 bits per heavy atom. The Kier molecular flexibility index (Phi) is 10.5. The lowest BCUT2D eigenvalue weighted by atomic mass is 9.79. The minimum absolute atomic E-state index is 0.0569. The maximum atomic E-state index is 13.5. The quantitative estimate of drug-likeness (QED) is 0.352. The lowest BCUT2D eigenvalue weighted by Gasteiger charge is -2.47. The molecule has 1 N–H and O–H groups in total. The minimum atomic E-state index is -4.46. The molecule has 1 saturated heterocycles. The highest BCUT2D eigenvalue weighted by molar-refractivity contribution is 5.81. The molecule has 1 aromatic rings. The van der Waals surface area contributed by atoms with Crippen molar-refractivity contribution < 1.29 is 41.7 Å². The van der Waals surface area contributed by atoms with Gasteiger partial charge in [-0.15, -0.1) is 0 Å². The summed E-state index contributed by atoms with van der Waals surface area (Å²) in [6, 6.07) is 2.40. The lowest BCUT2D eigenvalue weighted by Crippen LogP contribution is -2.52. The zero-order valence-electron chi connectivity index (χ0n) is 25.4. The lowest BCUT2D eigenvalue weighted by molar-refractivity contribution is -0.161. The largest absolute Gasteiger partial charge is 0.493 e. The second kappa shape index (κ2) is 13.1. The van der Waals surface area contributed by atoms with Gasteiger partial charge in [-0.2, -0.15) is 13.2 Å². The van der Waals surface area contributed by atoms with Crippen molar-refractivity contribution in [3.8, 4) is 11.5 Å². The fourth-order valence-electron chi connectivity index (χ4n) is 5.65. The highest BCUT2D eigenvalue weighted by Crippen LogP contribution is 2.44. The number of fused-ring (bicyclic) bond motifs is 3. The molecule has 2 aliphatic heterocycles. The predicted molar refractivity (Wildman–Crippen MR) is 148 cm³/mol. The molecule has 41 heavy (non-hydrogen) atoms. The third-order valence-corrected chi connectivity index (χ3v) is 7.37. The Bertz CT molecular complexity index is 1070. The van der Waals surface area contributed by atoms with Gasteiger partial charge in [0.05, 0.1) is 7.11 Å². The Labute approximate surface area is 241 Å². The molecule has 1 fully saturated rings. The van der Waals surface area contributed by atoms with E-state index >= 15 is 0 Å². The maximum absolute atomic E-state index is 13.5. The SMILES string of the molecule is COc1cc2c(cc1OCC(F)(F)F)CCN1C[C@@H](CC(C)C)[C@H](OC(=O)[C@@H](NC(=O)OC(C)(C)C)C(C)C)C[C@H]21. The standard InChI is InChI=1S/C30H45F3N2O6/c1-17(2)11-20-15-35-10-9-19-12-25(39-16-30(31,32)33)24(38-8)13-21(19)22(35)14-23(20)40-27(36)26(18(3)4)34-28(37)41-29(5,6)7/h12-13,17-18,20,22-23,26H,9-11,14-16H2,1-8H3,(H,34,37)/t20-,22-,23-,26+/m1/s1. The minimum Gasteiger partial charge on any atom is -0.493 e. The van der Waals surface area contributed by atoms with Gasteiger partial charge < -0.3 is 24.3 Å². The first-order valence-electron chi connectivity index (χ1n) is 14.3. The molecule has 0 radical (unpaired) electrons. The number of alkyl carbamates (subject to hydrolysis) is 1. The van der Waals surface area contributed by atoms with Crippen molar-refractivity contribution in [2.24, 2.45) is 17.8 Å². The summed E-state index contributed by atoms with van der Waals surface area (Å²) in [6.07, 6.45) is -3.53. The van der Waals surface area contributed by atoms with Gasteiger partial charge >= 0.3 is 18.2 Å². The smallest absolute Gasteiger partial charge is 0.422 e. The number of carbonyl (C=O) groups excluding carboxylic acids is 2. The van der Waals surface area contributed by atoms with Gasteiger partial charge in [-0.3, -0.25) is 4.90 Å². The maximum Gasteiger partial charge on any atom is 0.422 e. The summed E-state index contributed by atoms with van der Waals surface area (Å²) in [6.45, 7) is 13.2. The molecule has 1 amide bonds. The fraction of sp³-hybridized carbons (Fsp3) is 0.733. The first-order valence-corrected chi connectivity index (χ1v) is 14.3. The van der Waals surface area contributed by atoms with E-state index in [0.717, 1.165) is 24.1 Å². The van der Waals surface area contributed by atoms with Crippen LogP contribution in [0.3, 0.4) is 0 Å². The molecule has 0 saturated carbocycles. The van der Waals surface area contributed by atoms with Crippen molar-refractivity contribution in [3.05, 3.63) is 23.3 Å². The topological polar surface area (TPSA) is 86.3 Å². The average Bonchev–Trinajstić information content (AvgIpc) is 2.83. The fourth-order valence-corrected chi connectivity index (χ4v) is 5.65. The van der Waals surface area contributed by atoms with Crippen LogP contribution in [-0.2, 0) is 20.7 Å². The Morgan fingerprint density at radius 2 is 1.78 bits per heavy atom. The molecule has 4 atom stereocenters. The molecule has 0 unspecified atom stereocenters. The van der Waals surface area contributed by atoms with Crippen LogP contribution in [0.5, 0.6) is 11.5 Å². The summed E-state index contributed by atoms with van der Waals surface area (Å²) in [7, 11) is 1.40. The Hall–Kier alpha value is -2.69. The van der Waals surface area contributed by atoms with Crippen LogP contribution in [0.1, 0.15) is 78.5 Å². The van der Waals surface area contributed by atoms with E-state index in [1.54, 1.807) is 32.9 Å². The van der Waals surface area contributed by atoms with Crippen LogP contribution in [-0.4, -0.2) is 67.7 Å². The van der Waals surface area contributed by atoms with E-state index in [2.05, 4.69) is 24.1 Å². The molecule has 0 aromatic heterocycles. The number of benzene rings is 1. The third-order valence-electron chi connectivity index (χ3n) is 7.37. The van der Waals surface area contributed by atoms with Crippen molar-refractivity contribution in [1.29, 1.82) is 0 Å². The molecule has 0 aliphatic carbocycles. The van der Waals surface area contributed by atoms with Crippen molar-refractivity contribution >= 4 is 12.1 Å². The van der Waals surface area contributed by atoms with E-state index in [1.807, 2.05) is 13.8 Å². The van der Waals surface area contributed by atoms with Crippen LogP contribution in [0, 0.1) is 17.8 Å². The van der Waals surface area contributed by atoms with E-state index < -0.39 is 42.6 Å². The molecule has 2 aliphatic rings. The molecule has 3 rings (SSSR count). The van der Waals surface area contributed by atoms with Crippen molar-refractivity contribution in [2.45, 2.75) is 97.7 Å². The van der Waals surface area contributed by atoms with Gasteiger partial charge in [0.15, 0.2) is 18.1 Å². The molecule has 1 aromatic carbocycles. The van der Waals surface area contributed by atoms with Crippen LogP contribution in [0.2, 0.25) is 0 Å². The van der Waals surface area contributed by atoms with Crippen LogP contribution >= 0.6 is 0 Å². The first-order chi connectivity index (χ1) is 19.0. The molecule has 2 heterocycles. The van der Waals surface area contributed by atoms with E-state index in [-0.39, 0.29) is 29.4 Å². The van der Waals surface area contributed by atoms with E-state index in [9.17, 15) is 22.8 Å². The highest BCUT2D eigenvalue weighted by atomic mass is 19.4. The van der Waals surface area contributed by atoms with Gasteiger partial charge in [0, 0.05) is 31.5 Å². The number of ether oxygens (including phenoxy) is 4. The summed E-state index contributed by atoms with van der Waals surface area (Å²) in [5.41, 5.74) is 1.12. The molecule has 232 valence electrons. The van der Waals surface area contributed by atoms with E-state index in [1.165, 1.54) is 7.11 Å². The zero-order valence-corrected chi connectivity index (χ0v) is 25.4. The van der Waals surface area contributed by atoms with Gasteiger partial charge in [-0.1, -0.05) is 27.7 Å².